The van der Waals surface area contributed by atoms with E-state index in [2.05, 4.69) is 49.9 Å². The molecule has 0 amide bonds. The van der Waals surface area contributed by atoms with Gasteiger partial charge in [0.1, 0.15) is 0 Å². The zero-order chi connectivity index (χ0) is 12.4. The van der Waals surface area contributed by atoms with E-state index in [1.54, 1.807) is 0 Å². The van der Waals surface area contributed by atoms with Gasteiger partial charge in [-0.25, -0.2) is 4.89 Å². The molecule has 0 atom stereocenters. The van der Waals surface area contributed by atoms with E-state index in [9.17, 15) is 0 Å². The van der Waals surface area contributed by atoms with Gasteiger partial charge in [-0.3, -0.25) is 5.26 Å². The van der Waals surface area contributed by atoms with E-state index in [-0.39, 0.29) is 5.41 Å². The fourth-order valence-corrected chi connectivity index (χ4v) is 2.20. The quantitative estimate of drug-likeness (QED) is 0.618. The Kier molecular flexibility index (Phi) is 3.76. The summed E-state index contributed by atoms with van der Waals surface area (Å²) in [4.78, 5) is 4.52. The van der Waals surface area contributed by atoms with Crippen molar-refractivity contribution in [2.45, 2.75) is 52.1 Å². The van der Waals surface area contributed by atoms with Crippen LogP contribution in [0.25, 0.3) is 0 Å². The van der Waals surface area contributed by atoms with E-state index in [1.807, 2.05) is 13.8 Å². The number of rotatable bonds is 4. The van der Waals surface area contributed by atoms with Crippen molar-refractivity contribution in [1.29, 1.82) is 0 Å². The minimum atomic E-state index is -0.519. The van der Waals surface area contributed by atoms with Crippen molar-refractivity contribution >= 4 is 0 Å². The SMILES string of the molecule is Cc1ccc(C(C)(C)CC(C)(C)OO)cc1. The predicted molar refractivity (Wildman–Crippen MR) is 66.6 cm³/mol. The number of hydrogen-bond donors (Lipinski definition) is 1. The van der Waals surface area contributed by atoms with E-state index in [4.69, 9.17) is 5.26 Å². The standard InChI is InChI=1S/C14H22O2/c1-11-6-8-12(9-7-11)13(2,3)10-14(4,5)16-15/h6-9,15H,10H2,1-5H3. The summed E-state index contributed by atoms with van der Waals surface area (Å²) in [5.41, 5.74) is 1.99. The lowest BCUT2D eigenvalue weighted by Crippen LogP contribution is -2.33. The van der Waals surface area contributed by atoms with Crippen molar-refractivity contribution in [2.75, 3.05) is 0 Å². The van der Waals surface area contributed by atoms with E-state index in [1.165, 1.54) is 11.1 Å². The highest BCUT2D eigenvalue weighted by molar-refractivity contribution is 5.27. The Morgan fingerprint density at radius 1 is 1.06 bits per heavy atom. The van der Waals surface area contributed by atoms with Crippen LogP contribution < -0.4 is 0 Å². The second kappa shape index (κ2) is 4.56. The Bertz CT molecular complexity index is 336. The first-order valence-corrected chi connectivity index (χ1v) is 5.67. The third kappa shape index (κ3) is 3.32. The van der Waals surface area contributed by atoms with Gasteiger partial charge >= 0.3 is 0 Å². The molecule has 90 valence electrons. The van der Waals surface area contributed by atoms with Crippen LogP contribution in [-0.4, -0.2) is 10.9 Å². The molecule has 0 saturated carbocycles. The molecule has 1 aromatic rings. The van der Waals surface area contributed by atoms with Gasteiger partial charge in [0, 0.05) is 0 Å². The van der Waals surface area contributed by atoms with Crippen molar-refractivity contribution in [3.8, 4) is 0 Å². The summed E-state index contributed by atoms with van der Waals surface area (Å²) in [6, 6.07) is 8.51. The van der Waals surface area contributed by atoms with Crippen molar-refractivity contribution in [2.24, 2.45) is 0 Å². The molecule has 1 rings (SSSR count). The van der Waals surface area contributed by atoms with Gasteiger partial charge in [0.15, 0.2) is 0 Å². The molecule has 16 heavy (non-hydrogen) atoms. The van der Waals surface area contributed by atoms with Gasteiger partial charge in [-0.15, -0.1) is 0 Å². The predicted octanol–water partition coefficient (Wildman–Crippen LogP) is 3.93. The minimum absolute atomic E-state index is 0.0140. The summed E-state index contributed by atoms with van der Waals surface area (Å²) in [6.45, 7) is 10.2. The van der Waals surface area contributed by atoms with Gasteiger partial charge in [0.2, 0.25) is 0 Å². The van der Waals surface area contributed by atoms with Crippen molar-refractivity contribution in [3.63, 3.8) is 0 Å². The highest BCUT2D eigenvalue weighted by Gasteiger charge is 2.31. The van der Waals surface area contributed by atoms with Crippen LogP contribution in [0.3, 0.4) is 0 Å². The van der Waals surface area contributed by atoms with Crippen LogP contribution in [-0.2, 0) is 10.3 Å². The van der Waals surface area contributed by atoms with Crippen molar-refractivity contribution in [3.05, 3.63) is 35.4 Å². The first-order valence-electron chi connectivity index (χ1n) is 5.67. The molecule has 0 aliphatic rings. The van der Waals surface area contributed by atoms with Crippen LogP contribution in [0.2, 0.25) is 0 Å². The number of aryl methyl sites for hydroxylation is 1. The highest BCUT2D eigenvalue weighted by Crippen LogP contribution is 2.33. The maximum Gasteiger partial charge on any atom is 0.0985 e. The van der Waals surface area contributed by atoms with Gasteiger partial charge in [-0.1, -0.05) is 43.7 Å². The molecule has 2 nitrogen and oxygen atoms in total. The van der Waals surface area contributed by atoms with Crippen LogP contribution in [0.5, 0.6) is 0 Å². The zero-order valence-corrected chi connectivity index (χ0v) is 10.9. The molecule has 0 spiro atoms. The van der Waals surface area contributed by atoms with E-state index >= 15 is 0 Å². The topological polar surface area (TPSA) is 29.5 Å². The molecular weight excluding hydrogens is 200 g/mol. The van der Waals surface area contributed by atoms with Gasteiger partial charge in [0.05, 0.1) is 5.60 Å². The third-order valence-corrected chi connectivity index (χ3v) is 2.95. The van der Waals surface area contributed by atoms with Crippen molar-refractivity contribution < 1.29 is 10.1 Å². The lowest BCUT2D eigenvalue weighted by molar-refractivity contribution is -0.316. The second-order valence-electron chi connectivity index (χ2n) is 5.78. The van der Waals surface area contributed by atoms with Crippen molar-refractivity contribution in [1.82, 2.24) is 0 Å². The maximum atomic E-state index is 8.85. The third-order valence-electron chi connectivity index (χ3n) is 2.95. The Morgan fingerprint density at radius 3 is 2.00 bits per heavy atom. The lowest BCUT2D eigenvalue weighted by Gasteiger charge is -2.33. The minimum Gasteiger partial charge on any atom is -0.251 e. The van der Waals surface area contributed by atoms with Crippen LogP contribution in [0.15, 0.2) is 24.3 Å². The summed E-state index contributed by atoms with van der Waals surface area (Å²) in [5.74, 6) is 0. The monoisotopic (exact) mass is 222 g/mol. The fraction of sp³-hybridized carbons (Fsp3) is 0.571. The molecule has 0 heterocycles. The number of benzene rings is 1. The van der Waals surface area contributed by atoms with Gasteiger partial charge in [0.25, 0.3) is 0 Å². The van der Waals surface area contributed by atoms with Gasteiger partial charge < -0.3 is 0 Å². The molecule has 0 aliphatic heterocycles. The van der Waals surface area contributed by atoms with E-state index < -0.39 is 5.60 Å². The number of hydrogen-bond acceptors (Lipinski definition) is 2. The summed E-state index contributed by atoms with van der Waals surface area (Å²) < 4.78 is 0. The van der Waals surface area contributed by atoms with Gasteiger partial charge in [-0.05, 0) is 38.2 Å². The zero-order valence-electron chi connectivity index (χ0n) is 10.9. The highest BCUT2D eigenvalue weighted by atomic mass is 17.1. The molecule has 0 radical (unpaired) electrons. The molecular formula is C14H22O2. The Labute approximate surface area is 98.2 Å². The first kappa shape index (κ1) is 13.2. The van der Waals surface area contributed by atoms with Crippen LogP contribution in [0.4, 0.5) is 0 Å². The molecule has 0 aliphatic carbocycles. The molecule has 1 aromatic carbocycles. The molecule has 0 unspecified atom stereocenters. The van der Waals surface area contributed by atoms with E-state index in [0.29, 0.717) is 0 Å². The Hall–Kier alpha value is -0.860. The van der Waals surface area contributed by atoms with Crippen LogP contribution in [0, 0.1) is 6.92 Å². The second-order valence-corrected chi connectivity index (χ2v) is 5.78. The molecule has 1 N–H and O–H groups in total. The Balaban J connectivity index is 2.89. The average Bonchev–Trinajstić information content (AvgIpc) is 2.17. The van der Waals surface area contributed by atoms with Gasteiger partial charge in [-0.2, -0.15) is 0 Å². The smallest absolute Gasteiger partial charge is 0.0985 e. The fourth-order valence-electron chi connectivity index (χ4n) is 2.20. The molecule has 0 bridgehead atoms. The average molecular weight is 222 g/mol. The molecule has 0 saturated heterocycles. The molecule has 0 fully saturated rings. The summed E-state index contributed by atoms with van der Waals surface area (Å²) in [7, 11) is 0. The van der Waals surface area contributed by atoms with Crippen LogP contribution >= 0.6 is 0 Å². The maximum absolute atomic E-state index is 8.85. The summed E-state index contributed by atoms with van der Waals surface area (Å²) in [6.07, 6.45) is 0.763. The first-order chi connectivity index (χ1) is 7.27. The van der Waals surface area contributed by atoms with E-state index in [0.717, 1.165) is 6.42 Å². The summed E-state index contributed by atoms with van der Waals surface area (Å²) >= 11 is 0. The molecule has 0 aromatic heterocycles. The van der Waals surface area contributed by atoms with Crippen LogP contribution in [0.1, 0.15) is 45.2 Å². The molecule has 2 heteroatoms. The lowest BCUT2D eigenvalue weighted by atomic mass is 9.76. The normalized spacial score (nSPS) is 12.9. The summed E-state index contributed by atoms with van der Waals surface area (Å²) in [5, 5.41) is 8.85. The largest absolute Gasteiger partial charge is 0.251 e. The Morgan fingerprint density at radius 2 is 1.56 bits per heavy atom.